The van der Waals surface area contributed by atoms with E-state index in [-0.39, 0.29) is 58.4 Å². The summed E-state index contributed by atoms with van der Waals surface area (Å²) in [5.74, 6) is -2.06. The van der Waals surface area contributed by atoms with Crippen molar-refractivity contribution in [1.29, 1.82) is 0 Å². The molecular formula is C29H30ClFN4O5. The number of nitrogens with zero attached hydrogens (tertiary/aromatic N) is 2. The second-order valence-corrected chi connectivity index (χ2v) is 11.1. The molecule has 2 heterocycles. The Hall–Kier alpha value is -4.05. The highest BCUT2D eigenvalue weighted by Gasteiger charge is 2.32. The van der Waals surface area contributed by atoms with Crippen LogP contribution in [0.25, 0.3) is 0 Å². The van der Waals surface area contributed by atoms with Crippen molar-refractivity contribution in [1.82, 2.24) is 14.9 Å². The molecule has 1 unspecified atom stereocenters. The van der Waals surface area contributed by atoms with E-state index in [1.807, 2.05) is 20.8 Å². The van der Waals surface area contributed by atoms with Gasteiger partial charge in [-0.1, -0.05) is 23.7 Å². The number of likely N-dealkylation sites (tertiary alicyclic amines) is 1. The Morgan fingerprint density at radius 1 is 1.15 bits per heavy atom. The first kappa shape index (κ1) is 28.9. The smallest absolute Gasteiger partial charge is 0.306 e. The second-order valence-electron chi connectivity index (χ2n) is 10.7. The Kier molecular flexibility index (Phi) is 8.68. The van der Waals surface area contributed by atoms with Crippen LogP contribution in [0.1, 0.15) is 70.5 Å². The molecule has 11 heteroatoms. The van der Waals surface area contributed by atoms with Crippen LogP contribution < -0.4 is 5.32 Å². The third kappa shape index (κ3) is 7.32. The molecule has 3 aromatic rings. The van der Waals surface area contributed by atoms with Gasteiger partial charge in [0.25, 0.3) is 11.8 Å². The number of imidazole rings is 1. The zero-order valence-corrected chi connectivity index (χ0v) is 23.2. The number of aromatic nitrogens is 2. The summed E-state index contributed by atoms with van der Waals surface area (Å²) in [6.07, 6.45) is 2.20. The molecule has 0 spiro atoms. The van der Waals surface area contributed by atoms with Gasteiger partial charge in [0.2, 0.25) is 0 Å². The van der Waals surface area contributed by atoms with Gasteiger partial charge in [-0.25, -0.2) is 9.37 Å². The van der Waals surface area contributed by atoms with Crippen molar-refractivity contribution in [2.45, 2.75) is 45.6 Å². The van der Waals surface area contributed by atoms with E-state index in [9.17, 15) is 23.6 Å². The molecule has 210 valence electrons. The van der Waals surface area contributed by atoms with Crippen molar-refractivity contribution >= 4 is 40.9 Å². The van der Waals surface area contributed by atoms with E-state index in [0.717, 1.165) is 6.07 Å². The first-order valence-corrected chi connectivity index (χ1v) is 13.2. The number of rotatable bonds is 8. The van der Waals surface area contributed by atoms with Gasteiger partial charge in [-0.15, -0.1) is 0 Å². The van der Waals surface area contributed by atoms with Gasteiger partial charge in [-0.2, -0.15) is 0 Å². The van der Waals surface area contributed by atoms with Crippen molar-refractivity contribution in [3.8, 4) is 0 Å². The molecule has 1 saturated heterocycles. The number of hydrogen-bond donors (Lipinski definition) is 2. The number of carbonyl (C=O) groups excluding carboxylic acids is 4. The van der Waals surface area contributed by atoms with Gasteiger partial charge in [0.05, 0.1) is 17.8 Å². The number of H-pyrrole nitrogens is 1. The molecule has 9 nitrogen and oxygen atoms in total. The molecule has 2 aromatic carbocycles. The lowest BCUT2D eigenvalue weighted by Gasteiger charge is -2.21. The van der Waals surface area contributed by atoms with Gasteiger partial charge in [-0.3, -0.25) is 19.2 Å². The zero-order chi connectivity index (χ0) is 29.0. The summed E-state index contributed by atoms with van der Waals surface area (Å²) in [6.45, 7) is 6.25. The van der Waals surface area contributed by atoms with Gasteiger partial charge >= 0.3 is 5.97 Å². The van der Waals surface area contributed by atoms with Crippen LogP contribution >= 0.6 is 11.6 Å². The highest BCUT2D eigenvalue weighted by molar-refractivity contribution is 6.34. The molecule has 1 fully saturated rings. The van der Waals surface area contributed by atoms with Gasteiger partial charge in [0.1, 0.15) is 17.1 Å². The summed E-state index contributed by atoms with van der Waals surface area (Å²) in [7, 11) is 0. The minimum Gasteiger partial charge on any atom is -0.460 e. The molecule has 0 aliphatic carbocycles. The highest BCUT2D eigenvalue weighted by atomic mass is 35.5. The minimum atomic E-state index is -0.573. The topological polar surface area (TPSA) is 121 Å². The average Bonchev–Trinajstić information content (AvgIpc) is 3.53. The maximum Gasteiger partial charge on any atom is 0.306 e. The van der Waals surface area contributed by atoms with Gasteiger partial charge in [0, 0.05) is 30.8 Å². The fourth-order valence-electron chi connectivity index (χ4n) is 4.48. The molecular weight excluding hydrogens is 539 g/mol. The number of halogens is 2. The number of aromatic amines is 1. The maximum absolute atomic E-state index is 13.3. The van der Waals surface area contributed by atoms with Crippen LogP contribution in [0, 0.1) is 11.7 Å². The first-order chi connectivity index (χ1) is 18.9. The molecule has 1 aliphatic rings. The number of amides is 2. The normalized spacial score (nSPS) is 15.1. The summed E-state index contributed by atoms with van der Waals surface area (Å²) in [6, 6.07) is 10.2. The third-order valence-corrected chi connectivity index (χ3v) is 6.64. The van der Waals surface area contributed by atoms with E-state index in [1.54, 1.807) is 29.2 Å². The van der Waals surface area contributed by atoms with Crippen LogP contribution in [0.4, 0.5) is 10.1 Å². The molecule has 1 aliphatic heterocycles. The number of esters is 1. The maximum atomic E-state index is 13.3. The predicted octanol–water partition coefficient (Wildman–Crippen LogP) is 5.07. The fourth-order valence-corrected chi connectivity index (χ4v) is 4.76. The van der Waals surface area contributed by atoms with Crippen LogP contribution in [-0.4, -0.2) is 57.1 Å². The molecule has 0 saturated carbocycles. The molecule has 2 N–H and O–H groups in total. The SMILES string of the molecule is CC(C)(C)OC(=O)CC1CCN(C(=O)c2[nH]cnc2C(=O)Nc2ccc(CC(=O)c3ccc(F)cc3Cl)cc2)C1. The number of ether oxygens (including phenoxy) is 1. The van der Waals surface area contributed by atoms with Crippen molar-refractivity contribution in [3.63, 3.8) is 0 Å². The van der Waals surface area contributed by atoms with Gasteiger partial charge in [-0.05, 0) is 69.0 Å². The minimum absolute atomic E-state index is 0.0246. The fraction of sp³-hybridized carbons (Fsp3) is 0.345. The van der Waals surface area contributed by atoms with E-state index < -0.39 is 17.3 Å². The Bertz CT molecular complexity index is 1430. The highest BCUT2D eigenvalue weighted by Crippen LogP contribution is 2.24. The van der Waals surface area contributed by atoms with E-state index in [0.29, 0.717) is 30.8 Å². The van der Waals surface area contributed by atoms with E-state index in [4.69, 9.17) is 16.3 Å². The standard InChI is InChI=1S/C29H30ClFN4O5/c1-29(2,3)40-24(37)13-18-10-11-35(15-18)28(39)26-25(32-16-33-26)27(38)34-20-7-4-17(5-8-20)12-23(36)21-9-6-19(31)14-22(21)30/h4-9,14,16,18H,10-13,15H2,1-3H3,(H,32,33)(H,34,38). The molecule has 1 aromatic heterocycles. The molecule has 0 radical (unpaired) electrons. The van der Waals surface area contributed by atoms with Gasteiger partial charge in [0.15, 0.2) is 11.5 Å². The van der Waals surface area contributed by atoms with Crippen molar-refractivity contribution in [2.75, 3.05) is 18.4 Å². The van der Waals surface area contributed by atoms with E-state index in [1.165, 1.54) is 18.5 Å². The van der Waals surface area contributed by atoms with Crippen molar-refractivity contribution in [3.05, 3.63) is 82.1 Å². The summed E-state index contributed by atoms with van der Waals surface area (Å²) in [5, 5.41) is 2.76. The summed E-state index contributed by atoms with van der Waals surface area (Å²) in [4.78, 5) is 59.2. The Morgan fingerprint density at radius 3 is 2.55 bits per heavy atom. The zero-order valence-electron chi connectivity index (χ0n) is 22.4. The summed E-state index contributed by atoms with van der Waals surface area (Å²) >= 11 is 5.98. The van der Waals surface area contributed by atoms with E-state index in [2.05, 4.69) is 15.3 Å². The number of nitrogens with one attached hydrogen (secondary N) is 2. The number of Topliss-reactive ketones (excluding diaryl/α,β-unsaturated/α-hetero) is 1. The molecule has 0 bridgehead atoms. The number of carbonyl (C=O) groups is 4. The van der Waals surface area contributed by atoms with Crippen LogP contribution in [0.2, 0.25) is 5.02 Å². The Balaban J connectivity index is 1.34. The van der Waals surface area contributed by atoms with E-state index >= 15 is 0 Å². The van der Waals surface area contributed by atoms with Crippen LogP contribution in [0.3, 0.4) is 0 Å². The number of anilines is 1. The summed E-state index contributed by atoms with van der Waals surface area (Å²) in [5.41, 5.74) is 0.791. The lowest BCUT2D eigenvalue weighted by molar-refractivity contribution is -0.155. The predicted molar refractivity (Wildman–Crippen MR) is 147 cm³/mol. The largest absolute Gasteiger partial charge is 0.460 e. The third-order valence-electron chi connectivity index (χ3n) is 6.32. The lowest BCUT2D eigenvalue weighted by Crippen LogP contribution is -2.31. The first-order valence-electron chi connectivity index (χ1n) is 12.8. The molecule has 2 amide bonds. The molecule has 40 heavy (non-hydrogen) atoms. The van der Waals surface area contributed by atoms with Gasteiger partial charge < -0.3 is 19.9 Å². The van der Waals surface area contributed by atoms with Crippen molar-refractivity contribution in [2.24, 2.45) is 5.92 Å². The van der Waals surface area contributed by atoms with Crippen LogP contribution in [-0.2, 0) is 16.0 Å². The summed E-state index contributed by atoms with van der Waals surface area (Å²) < 4.78 is 18.6. The number of benzene rings is 2. The Labute approximate surface area is 236 Å². The quantitative estimate of drug-likeness (QED) is 0.289. The van der Waals surface area contributed by atoms with Crippen LogP contribution in [0.15, 0.2) is 48.8 Å². The second kappa shape index (κ2) is 12.0. The average molecular weight is 569 g/mol. The molecule has 1 atom stereocenters. The Morgan fingerprint density at radius 2 is 1.88 bits per heavy atom. The van der Waals surface area contributed by atoms with Crippen LogP contribution in [0.5, 0.6) is 0 Å². The van der Waals surface area contributed by atoms with Crippen molar-refractivity contribution < 1.29 is 28.3 Å². The number of hydrogen-bond acceptors (Lipinski definition) is 6. The monoisotopic (exact) mass is 568 g/mol. The number of ketones is 1. The molecule has 4 rings (SSSR count). The lowest BCUT2D eigenvalue weighted by atomic mass is 10.0.